The van der Waals surface area contributed by atoms with E-state index in [1.807, 2.05) is 32.9 Å². The van der Waals surface area contributed by atoms with Crippen molar-refractivity contribution in [3.63, 3.8) is 0 Å². The van der Waals surface area contributed by atoms with E-state index in [1.54, 1.807) is 0 Å². The molecule has 0 unspecified atom stereocenters. The lowest BCUT2D eigenvalue weighted by atomic mass is 9.90. The number of benzene rings is 1. The molecule has 0 aliphatic rings. The standard InChI is InChI=1S/C22H35N3.C2H6/c1-6-8-9-10-21(20(7-2)17(5)23)22(24)19-13-11-18(12-14-19)15-25-16(3)4;1-2/h11-14,16,23-25H,6-10,15H2,1-5H3;1-2H3/b21-20-,23-17?,24-22?;. The molecule has 0 aliphatic carbocycles. The number of nitrogens with one attached hydrogen (secondary N) is 3. The second-order valence-corrected chi connectivity index (χ2v) is 7.00. The van der Waals surface area contributed by atoms with Crippen LogP contribution in [-0.4, -0.2) is 17.5 Å². The molecule has 0 aromatic heterocycles. The van der Waals surface area contributed by atoms with Gasteiger partial charge < -0.3 is 10.7 Å². The maximum absolute atomic E-state index is 8.72. The summed E-state index contributed by atoms with van der Waals surface area (Å²) in [5.74, 6) is 0. The van der Waals surface area contributed by atoms with Crippen molar-refractivity contribution in [2.75, 3.05) is 0 Å². The van der Waals surface area contributed by atoms with Crippen molar-refractivity contribution >= 4 is 11.4 Å². The summed E-state index contributed by atoms with van der Waals surface area (Å²) in [5.41, 5.74) is 5.45. The molecule has 0 heterocycles. The topological polar surface area (TPSA) is 59.7 Å². The zero-order valence-electron chi connectivity index (χ0n) is 18.6. The number of unbranched alkanes of at least 4 members (excludes halogenated alkanes) is 2. The van der Waals surface area contributed by atoms with Gasteiger partial charge in [-0.05, 0) is 48.5 Å². The highest BCUT2D eigenvalue weighted by Crippen LogP contribution is 2.22. The van der Waals surface area contributed by atoms with E-state index in [2.05, 4.69) is 45.1 Å². The molecule has 0 atom stereocenters. The van der Waals surface area contributed by atoms with Crippen LogP contribution in [0, 0.1) is 10.8 Å². The molecular formula is C24H41N3. The SMILES string of the molecule is CC.CCCCC/C(C(=N)c1ccc(CNC(C)C)cc1)=C(\CC)C(C)=N. The van der Waals surface area contributed by atoms with E-state index in [4.69, 9.17) is 10.8 Å². The van der Waals surface area contributed by atoms with Crippen molar-refractivity contribution in [1.29, 1.82) is 10.8 Å². The summed E-state index contributed by atoms with van der Waals surface area (Å²) >= 11 is 0. The van der Waals surface area contributed by atoms with E-state index < -0.39 is 0 Å². The smallest absolute Gasteiger partial charge is 0.0647 e. The van der Waals surface area contributed by atoms with Gasteiger partial charge in [0, 0.05) is 18.3 Å². The monoisotopic (exact) mass is 371 g/mol. The summed E-state index contributed by atoms with van der Waals surface area (Å²) in [4.78, 5) is 0. The lowest BCUT2D eigenvalue weighted by Gasteiger charge is -2.16. The van der Waals surface area contributed by atoms with Crippen LogP contribution in [0.5, 0.6) is 0 Å². The van der Waals surface area contributed by atoms with Crippen LogP contribution in [0.25, 0.3) is 0 Å². The fourth-order valence-corrected chi connectivity index (χ4v) is 2.97. The van der Waals surface area contributed by atoms with Gasteiger partial charge in [0.25, 0.3) is 0 Å². The Morgan fingerprint density at radius 2 is 1.56 bits per heavy atom. The van der Waals surface area contributed by atoms with Crippen LogP contribution in [0.3, 0.4) is 0 Å². The lowest BCUT2D eigenvalue weighted by Crippen LogP contribution is -2.21. The predicted octanol–water partition coefficient (Wildman–Crippen LogP) is 6.91. The minimum Gasteiger partial charge on any atom is -0.310 e. The quantitative estimate of drug-likeness (QED) is 0.287. The van der Waals surface area contributed by atoms with E-state index in [9.17, 15) is 0 Å². The molecule has 152 valence electrons. The Morgan fingerprint density at radius 3 is 2.00 bits per heavy atom. The minimum absolute atomic E-state index is 0.466. The summed E-state index contributed by atoms with van der Waals surface area (Å²) in [5, 5.41) is 20.2. The zero-order valence-corrected chi connectivity index (χ0v) is 18.6. The van der Waals surface area contributed by atoms with E-state index in [0.29, 0.717) is 17.5 Å². The molecule has 0 saturated heterocycles. The third kappa shape index (κ3) is 9.14. The third-order valence-corrected chi connectivity index (χ3v) is 4.46. The third-order valence-electron chi connectivity index (χ3n) is 4.46. The van der Waals surface area contributed by atoms with Crippen LogP contribution >= 0.6 is 0 Å². The Labute approximate surface area is 167 Å². The normalized spacial score (nSPS) is 11.6. The first-order valence-electron chi connectivity index (χ1n) is 10.6. The fraction of sp³-hybridized carbons (Fsp3) is 0.583. The molecule has 0 aliphatic heterocycles. The first kappa shape index (κ1) is 25.3. The fourth-order valence-electron chi connectivity index (χ4n) is 2.97. The van der Waals surface area contributed by atoms with Crippen molar-refractivity contribution in [2.24, 2.45) is 0 Å². The van der Waals surface area contributed by atoms with Gasteiger partial charge in [-0.15, -0.1) is 0 Å². The molecule has 0 amide bonds. The van der Waals surface area contributed by atoms with E-state index in [1.165, 1.54) is 18.4 Å². The molecule has 0 saturated carbocycles. The van der Waals surface area contributed by atoms with Crippen molar-refractivity contribution in [1.82, 2.24) is 5.32 Å². The van der Waals surface area contributed by atoms with Crippen molar-refractivity contribution < 1.29 is 0 Å². The summed E-state index contributed by atoms with van der Waals surface area (Å²) in [6, 6.07) is 8.77. The van der Waals surface area contributed by atoms with Crippen LogP contribution < -0.4 is 5.32 Å². The van der Waals surface area contributed by atoms with Gasteiger partial charge in [-0.3, -0.25) is 5.41 Å². The molecular weight excluding hydrogens is 330 g/mol. The van der Waals surface area contributed by atoms with Gasteiger partial charge >= 0.3 is 0 Å². The van der Waals surface area contributed by atoms with Gasteiger partial charge in [0.05, 0.1) is 5.71 Å². The summed E-state index contributed by atoms with van der Waals surface area (Å²) in [6.45, 7) is 15.3. The van der Waals surface area contributed by atoms with Crippen LogP contribution in [0.1, 0.15) is 91.7 Å². The maximum atomic E-state index is 8.72. The van der Waals surface area contributed by atoms with Gasteiger partial charge in [0.15, 0.2) is 0 Å². The molecule has 0 radical (unpaired) electrons. The predicted molar refractivity (Wildman–Crippen MR) is 121 cm³/mol. The van der Waals surface area contributed by atoms with Gasteiger partial charge in [0.1, 0.15) is 0 Å². The van der Waals surface area contributed by atoms with E-state index in [-0.39, 0.29) is 0 Å². The van der Waals surface area contributed by atoms with Gasteiger partial charge in [-0.2, -0.15) is 0 Å². The maximum Gasteiger partial charge on any atom is 0.0647 e. The molecule has 3 heteroatoms. The summed E-state index contributed by atoms with van der Waals surface area (Å²) in [7, 11) is 0. The average molecular weight is 372 g/mol. The lowest BCUT2D eigenvalue weighted by molar-refractivity contribution is 0.589. The zero-order chi connectivity index (χ0) is 20.8. The Hall–Kier alpha value is -1.74. The molecule has 1 aromatic rings. The second kappa shape index (κ2) is 14.3. The second-order valence-electron chi connectivity index (χ2n) is 7.00. The molecule has 0 fully saturated rings. The minimum atomic E-state index is 0.466. The van der Waals surface area contributed by atoms with Crippen LogP contribution in [0.4, 0.5) is 0 Å². The van der Waals surface area contributed by atoms with Crippen molar-refractivity contribution in [2.45, 2.75) is 93.2 Å². The Morgan fingerprint density at radius 1 is 0.963 bits per heavy atom. The van der Waals surface area contributed by atoms with Crippen molar-refractivity contribution in [3.8, 4) is 0 Å². The number of hydrogen-bond acceptors (Lipinski definition) is 3. The molecule has 3 nitrogen and oxygen atoms in total. The van der Waals surface area contributed by atoms with Crippen LogP contribution in [0.2, 0.25) is 0 Å². The summed E-state index contributed by atoms with van der Waals surface area (Å²) in [6.07, 6.45) is 5.13. The number of allylic oxidation sites excluding steroid dienone is 2. The molecule has 0 bridgehead atoms. The highest BCUT2D eigenvalue weighted by atomic mass is 14.9. The average Bonchev–Trinajstić information content (AvgIpc) is 2.67. The van der Waals surface area contributed by atoms with Crippen molar-refractivity contribution in [3.05, 3.63) is 46.5 Å². The first-order chi connectivity index (χ1) is 12.9. The van der Waals surface area contributed by atoms with Gasteiger partial charge in [-0.25, -0.2) is 0 Å². The van der Waals surface area contributed by atoms with Gasteiger partial charge in [-0.1, -0.05) is 78.6 Å². The number of hydrogen-bond donors (Lipinski definition) is 3. The summed E-state index contributed by atoms with van der Waals surface area (Å²) < 4.78 is 0. The molecule has 1 aromatic carbocycles. The Bertz CT molecular complexity index is 595. The highest BCUT2D eigenvalue weighted by molar-refractivity contribution is 6.15. The van der Waals surface area contributed by atoms with E-state index in [0.717, 1.165) is 42.5 Å². The molecule has 1 rings (SSSR count). The molecule has 27 heavy (non-hydrogen) atoms. The molecule has 3 N–H and O–H groups in total. The van der Waals surface area contributed by atoms with Gasteiger partial charge in [0.2, 0.25) is 0 Å². The molecule has 0 spiro atoms. The Kier molecular flexibility index (Phi) is 13.4. The largest absolute Gasteiger partial charge is 0.310 e. The first-order valence-corrected chi connectivity index (χ1v) is 10.6. The van der Waals surface area contributed by atoms with E-state index >= 15 is 0 Å². The highest BCUT2D eigenvalue weighted by Gasteiger charge is 2.14. The van der Waals surface area contributed by atoms with Crippen LogP contribution in [0.15, 0.2) is 35.4 Å². The number of rotatable bonds is 11. The van der Waals surface area contributed by atoms with Crippen LogP contribution in [-0.2, 0) is 6.54 Å². The Balaban J connectivity index is 0.00000326.